The number of anilines is 2. The lowest BCUT2D eigenvalue weighted by Gasteiger charge is -2.33. The fourth-order valence-corrected chi connectivity index (χ4v) is 3.17. The van der Waals surface area contributed by atoms with Crippen molar-refractivity contribution in [3.05, 3.63) is 54.1 Å². The number of carbonyl (C=O) groups is 3. The van der Waals surface area contributed by atoms with E-state index in [0.29, 0.717) is 35.7 Å². The summed E-state index contributed by atoms with van der Waals surface area (Å²) in [6.07, 6.45) is 0.914. The zero-order chi connectivity index (χ0) is 21.5. The average molecular weight is 410 g/mol. The number of ether oxygens (including phenoxy) is 2. The molecule has 158 valence electrons. The maximum absolute atomic E-state index is 12.7. The predicted octanol–water partition coefficient (Wildman–Crippen LogP) is 3.79. The predicted molar refractivity (Wildman–Crippen MR) is 114 cm³/mol. The molecule has 2 aromatic rings. The number of amides is 2. The van der Waals surface area contributed by atoms with Crippen LogP contribution in [0.25, 0.3) is 0 Å². The van der Waals surface area contributed by atoms with Gasteiger partial charge in [-0.3, -0.25) is 9.59 Å². The third-order valence-electron chi connectivity index (χ3n) is 4.74. The maximum atomic E-state index is 12.7. The van der Waals surface area contributed by atoms with Gasteiger partial charge in [0.25, 0.3) is 5.91 Å². The monoisotopic (exact) mass is 410 g/mol. The summed E-state index contributed by atoms with van der Waals surface area (Å²) in [6, 6.07) is 13.9. The van der Waals surface area contributed by atoms with Gasteiger partial charge >= 0.3 is 5.97 Å². The van der Waals surface area contributed by atoms with E-state index >= 15 is 0 Å². The molecule has 0 spiro atoms. The third kappa shape index (κ3) is 4.97. The second-order valence-electron chi connectivity index (χ2n) is 6.98. The van der Waals surface area contributed by atoms with Crippen molar-refractivity contribution < 1.29 is 23.9 Å². The Hall–Kier alpha value is -3.35. The number of para-hydroxylation sites is 2. The van der Waals surface area contributed by atoms with Gasteiger partial charge in [0.1, 0.15) is 5.75 Å². The molecule has 1 unspecified atom stereocenters. The molecule has 7 heteroatoms. The van der Waals surface area contributed by atoms with Gasteiger partial charge in [0.15, 0.2) is 6.10 Å². The zero-order valence-electron chi connectivity index (χ0n) is 17.2. The highest BCUT2D eigenvalue weighted by Crippen LogP contribution is 2.34. The first kappa shape index (κ1) is 21.4. The number of fused-ring (bicyclic) bond motifs is 1. The largest absolute Gasteiger partial charge is 0.478 e. The van der Waals surface area contributed by atoms with Crippen LogP contribution in [0.1, 0.15) is 43.5 Å². The van der Waals surface area contributed by atoms with E-state index in [0.717, 1.165) is 6.42 Å². The number of nitrogens with zero attached hydrogens (tertiary/aromatic N) is 1. The van der Waals surface area contributed by atoms with Crippen molar-refractivity contribution in [3.8, 4) is 5.75 Å². The Morgan fingerprint density at radius 2 is 1.83 bits per heavy atom. The molecule has 0 saturated carbocycles. The number of hydrogen-bond acceptors (Lipinski definition) is 5. The Balaban J connectivity index is 1.59. The van der Waals surface area contributed by atoms with Crippen LogP contribution in [0, 0.1) is 0 Å². The molecule has 0 fully saturated rings. The van der Waals surface area contributed by atoms with Crippen molar-refractivity contribution in [2.45, 2.75) is 39.2 Å². The van der Waals surface area contributed by atoms with Gasteiger partial charge in [0.2, 0.25) is 5.91 Å². The highest BCUT2D eigenvalue weighted by Gasteiger charge is 2.33. The van der Waals surface area contributed by atoms with Gasteiger partial charge in [-0.2, -0.15) is 0 Å². The summed E-state index contributed by atoms with van der Waals surface area (Å²) in [7, 11) is 0. The Bertz CT molecular complexity index is 910. The fraction of sp³-hybridized carbons (Fsp3) is 0.348. The number of nitrogens with one attached hydrogen (secondary N) is 1. The van der Waals surface area contributed by atoms with Crippen LogP contribution in [0.4, 0.5) is 11.4 Å². The van der Waals surface area contributed by atoms with E-state index in [1.165, 1.54) is 0 Å². The number of benzene rings is 2. The van der Waals surface area contributed by atoms with Crippen LogP contribution in [0.2, 0.25) is 0 Å². The quantitative estimate of drug-likeness (QED) is 0.670. The van der Waals surface area contributed by atoms with E-state index < -0.39 is 6.10 Å². The lowest BCUT2D eigenvalue weighted by molar-refractivity contribution is -0.126. The molecule has 2 aromatic carbocycles. The molecular weight excluding hydrogens is 384 g/mol. The fourth-order valence-electron chi connectivity index (χ4n) is 3.17. The summed E-state index contributed by atoms with van der Waals surface area (Å²) < 4.78 is 10.8. The number of rotatable bonds is 8. The van der Waals surface area contributed by atoms with E-state index in [2.05, 4.69) is 5.32 Å². The minimum atomic E-state index is -0.539. The Kier molecular flexibility index (Phi) is 7.06. The SMILES string of the molecule is CCCOC(=O)c1ccc(NC(=O)CCN2C(=O)C(CC)Oc3ccccc32)cc1. The van der Waals surface area contributed by atoms with Crippen molar-refractivity contribution in [1.29, 1.82) is 0 Å². The first-order valence-corrected chi connectivity index (χ1v) is 10.2. The van der Waals surface area contributed by atoms with E-state index in [1.54, 1.807) is 29.2 Å². The summed E-state index contributed by atoms with van der Waals surface area (Å²) in [5.74, 6) is -0.0975. The zero-order valence-corrected chi connectivity index (χ0v) is 17.2. The second-order valence-corrected chi connectivity index (χ2v) is 6.98. The molecule has 30 heavy (non-hydrogen) atoms. The number of carbonyl (C=O) groups excluding carboxylic acids is 3. The number of esters is 1. The van der Waals surface area contributed by atoms with E-state index in [9.17, 15) is 14.4 Å². The van der Waals surface area contributed by atoms with Crippen LogP contribution in [-0.2, 0) is 14.3 Å². The van der Waals surface area contributed by atoms with Crippen molar-refractivity contribution in [2.75, 3.05) is 23.4 Å². The minimum absolute atomic E-state index is 0.136. The van der Waals surface area contributed by atoms with Gasteiger partial charge in [0, 0.05) is 18.7 Å². The van der Waals surface area contributed by atoms with Crippen molar-refractivity contribution in [3.63, 3.8) is 0 Å². The summed E-state index contributed by atoms with van der Waals surface area (Å²) in [5.41, 5.74) is 1.68. The molecule has 0 bridgehead atoms. The molecule has 1 heterocycles. The molecule has 1 aliphatic heterocycles. The second kappa shape index (κ2) is 9.91. The van der Waals surface area contributed by atoms with Gasteiger partial charge < -0.3 is 19.7 Å². The summed E-state index contributed by atoms with van der Waals surface area (Å²) >= 11 is 0. The maximum Gasteiger partial charge on any atom is 0.338 e. The summed E-state index contributed by atoms with van der Waals surface area (Å²) in [4.78, 5) is 38.6. The summed E-state index contributed by atoms with van der Waals surface area (Å²) in [6.45, 7) is 4.45. The molecular formula is C23H26N2O5. The standard InChI is InChI=1S/C23H26N2O5/c1-3-15-29-23(28)16-9-11-17(12-10-16)24-21(26)13-14-25-18-7-5-6-8-20(18)30-19(4-2)22(25)27/h5-12,19H,3-4,13-15H2,1-2H3,(H,24,26). The third-order valence-corrected chi connectivity index (χ3v) is 4.74. The summed E-state index contributed by atoms with van der Waals surface area (Å²) in [5, 5.41) is 2.79. The molecule has 0 aromatic heterocycles. The molecule has 3 rings (SSSR count). The first-order valence-electron chi connectivity index (χ1n) is 10.2. The van der Waals surface area contributed by atoms with Crippen molar-refractivity contribution in [1.82, 2.24) is 0 Å². The van der Waals surface area contributed by atoms with Crippen LogP contribution in [0.15, 0.2) is 48.5 Å². The molecule has 1 N–H and O–H groups in total. The van der Waals surface area contributed by atoms with Crippen molar-refractivity contribution in [2.24, 2.45) is 0 Å². The van der Waals surface area contributed by atoms with E-state index in [4.69, 9.17) is 9.47 Å². The van der Waals surface area contributed by atoms with Crippen LogP contribution in [0.5, 0.6) is 5.75 Å². The van der Waals surface area contributed by atoms with Crippen molar-refractivity contribution >= 4 is 29.2 Å². The van der Waals surface area contributed by atoms with Crippen LogP contribution >= 0.6 is 0 Å². The minimum Gasteiger partial charge on any atom is -0.478 e. The molecule has 0 saturated heterocycles. The van der Waals surface area contributed by atoms with Gasteiger partial charge in [0.05, 0.1) is 17.9 Å². The highest BCUT2D eigenvalue weighted by atomic mass is 16.5. The van der Waals surface area contributed by atoms with Gasteiger partial charge in [-0.15, -0.1) is 0 Å². The molecule has 2 amide bonds. The van der Waals surface area contributed by atoms with Gasteiger partial charge in [-0.05, 0) is 49.2 Å². The molecule has 1 atom stereocenters. The topological polar surface area (TPSA) is 84.9 Å². The van der Waals surface area contributed by atoms with Gasteiger partial charge in [-0.1, -0.05) is 26.0 Å². The molecule has 0 radical (unpaired) electrons. The smallest absolute Gasteiger partial charge is 0.338 e. The van der Waals surface area contributed by atoms with Gasteiger partial charge in [-0.25, -0.2) is 4.79 Å². The Morgan fingerprint density at radius 3 is 2.53 bits per heavy atom. The van der Waals surface area contributed by atoms with Crippen LogP contribution in [-0.4, -0.2) is 37.0 Å². The Labute approximate surface area is 176 Å². The van der Waals surface area contributed by atoms with Crippen LogP contribution < -0.4 is 15.0 Å². The lowest BCUT2D eigenvalue weighted by atomic mass is 10.1. The normalized spacial score (nSPS) is 15.2. The molecule has 1 aliphatic rings. The average Bonchev–Trinajstić information content (AvgIpc) is 2.77. The van der Waals surface area contributed by atoms with E-state index in [1.807, 2.05) is 38.1 Å². The number of hydrogen-bond donors (Lipinski definition) is 1. The Morgan fingerprint density at radius 1 is 1.10 bits per heavy atom. The highest BCUT2D eigenvalue weighted by molar-refractivity contribution is 6.01. The molecule has 0 aliphatic carbocycles. The lowest BCUT2D eigenvalue weighted by Crippen LogP contribution is -2.46. The van der Waals surface area contributed by atoms with E-state index in [-0.39, 0.29) is 30.7 Å². The molecule has 7 nitrogen and oxygen atoms in total. The first-order chi connectivity index (χ1) is 14.5. The van der Waals surface area contributed by atoms with Crippen LogP contribution in [0.3, 0.4) is 0 Å².